The Morgan fingerprint density at radius 2 is 1.29 bits per heavy atom. The van der Waals surface area contributed by atoms with Crippen LogP contribution >= 0.6 is 0 Å². The molecule has 7 heavy (non-hydrogen) atoms. The van der Waals surface area contributed by atoms with Gasteiger partial charge in [-0.15, -0.1) is 10.2 Å². The summed E-state index contributed by atoms with van der Waals surface area (Å²) < 4.78 is 0. The minimum atomic E-state index is 0. The normalized spacial score (nSPS) is 6.86. The van der Waals surface area contributed by atoms with Crippen molar-refractivity contribution < 1.29 is 0 Å². The molecule has 0 saturated heterocycles. The van der Waals surface area contributed by atoms with Gasteiger partial charge in [-0.05, 0) is 10.4 Å². The van der Waals surface area contributed by atoms with Crippen LogP contribution in [0.15, 0.2) is 12.4 Å². The van der Waals surface area contributed by atoms with Crippen molar-refractivity contribution in [2.45, 2.75) is 0 Å². The highest BCUT2D eigenvalue weighted by atomic mass is 15.4. The van der Waals surface area contributed by atoms with Gasteiger partial charge in [-0.25, -0.2) is 0 Å². The molecule has 0 aliphatic heterocycles. The van der Waals surface area contributed by atoms with Crippen molar-refractivity contribution in [3.05, 3.63) is 12.4 Å². The fourth-order valence-corrected chi connectivity index (χ4v) is 0.165. The molecule has 35 valence electrons. The zero-order chi connectivity index (χ0) is 4.24. The van der Waals surface area contributed by atoms with Gasteiger partial charge in [0.15, 0.2) is 0 Å². The van der Waals surface area contributed by atoms with Crippen LogP contribution in [0.1, 0.15) is 0 Å². The summed E-state index contributed by atoms with van der Waals surface area (Å²) >= 11 is 0. The Kier molecular flexibility index (Phi) is 2.62. The van der Waals surface area contributed by atoms with Crippen LogP contribution in [0.3, 0.4) is 0 Å². The highest BCUT2D eigenvalue weighted by Crippen LogP contribution is 1.53. The molecule has 0 fully saturated rings. The fourth-order valence-electron chi connectivity index (χ4n) is 0.165. The van der Waals surface area contributed by atoms with Crippen molar-refractivity contribution in [1.29, 1.82) is 0 Å². The van der Waals surface area contributed by atoms with Gasteiger partial charge in [-0.2, -0.15) is 0 Å². The molecule has 0 N–H and O–H groups in total. The molecule has 5 heteroatoms. The SMILES string of the molecule is [N].c1cnnnn1. The lowest BCUT2D eigenvalue weighted by Gasteiger charge is -1.67. The van der Waals surface area contributed by atoms with Gasteiger partial charge in [0.1, 0.15) is 0 Å². The predicted molar refractivity (Wildman–Crippen MR) is 19.8 cm³/mol. The summed E-state index contributed by atoms with van der Waals surface area (Å²) in [7, 11) is 0. The summed E-state index contributed by atoms with van der Waals surface area (Å²) in [6.45, 7) is 0. The van der Waals surface area contributed by atoms with Gasteiger partial charge in [0.05, 0.1) is 12.4 Å². The Balaban J connectivity index is 0.000000360. The summed E-state index contributed by atoms with van der Waals surface area (Å²) in [6, 6.07) is 0. The van der Waals surface area contributed by atoms with Crippen LogP contribution in [0, 0.1) is 0 Å². The minimum Gasteiger partial charge on any atom is -0.136 e. The van der Waals surface area contributed by atoms with E-state index in [9.17, 15) is 0 Å². The largest absolute Gasteiger partial charge is 0.136 e. The summed E-state index contributed by atoms with van der Waals surface area (Å²) in [5.74, 6) is 0. The molecule has 1 rings (SSSR count). The van der Waals surface area contributed by atoms with Crippen molar-refractivity contribution >= 4 is 0 Å². The van der Waals surface area contributed by atoms with Crippen molar-refractivity contribution in [3.63, 3.8) is 0 Å². The highest BCUT2D eigenvalue weighted by Gasteiger charge is 1.61. The maximum Gasteiger partial charge on any atom is 0.0716 e. The van der Waals surface area contributed by atoms with E-state index in [0.717, 1.165) is 0 Å². The second-order valence-corrected chi connectivity index (χ2v) is 0.708. The topological polar surface area (TPSA) is 82.1 Å². The molecule has 0 spiro atoms. The Bertz CT molecular complexity index is 78.0. The maximum atomic E-state index is 3.36. The van der Waals surface area contributed by atoms with Gasteiger partial charge in [0, 0.05) is 6.15 Å². The second kappa shape index (κ2) is 3.10. The van der Waals surface area contributed by atoms with E-state index in [1.54, 1.807) is 0 Å². The first-order valence-electron chi connectivity index (χ1n) is 1.45. The first-order chi connectivity index (χ1) is 3.00. The molecule has 5 nitrogen and oxygen atoms in total. The Hall–Kier alpha value is -1.10. The monoisotopic (exact) mass is 96.0 g/mol. The summed E-state index contributed by atoms with van der Waals surface area (Å²) in [4.78, 5) is 0. The van der Waals surface area contributed by atoms with Gasteiger partial charge in [-0.3, -0.25) is 0 Å². The van der Waals surface area contributed by atoms with Crippen LogP contribution in [0.5, 0.6) is 0 Å². The Labute approximate surface area is 40.4 Å². The second-order valence-electron chi connectivity index (χ2n) is 0.708. The van der Waals surface area contributed by atoms with E-state index in [4.69, 9.17) is 0 Å². The van der Waals surface area contributed by atoms with Crippen molar-refractivity contribution in [2.75, 3.05) is 0 Å². The van der Waals surface area contributed by atoms with E-state index in [-0.39, 0.29) is 6.15 Å². The highest BCUT2D eigenvalue weighted by molar-refractivity contribution is 4.52. The molecule has 0 bridgehead atoms. The van der Waals surface area contributed by atoms with Gasteiger partial charge < -0.3 is 0 Å². The van der Waals surface area contributed by atoms with Crippen molar-refractivity contribution in [1.82, 2.24) is 26.8 Å². The third kappa shape index (κ3) is 1.72. The first-order valence-corrected chi connectivity index (χ1v) is 1.45. The van der Waals surface area contributed by atoms with Crippen LogP contribution in [0.2, 0.25) is 0 Å². The van der Waals surface area contributed by atoms with E-state index < -0.39 is 0 Å². The van der Waals surface area contributed by atoms with Crippen LogP contribution in [0.25, 0.3) is 0 Å². The van der Waals surface area contributed by atoms with Crippen LogP contribution in [0.4, 0.5) is 0 Å². The third-order valence-electron chi connectivity index (χ3n) is 0.343. The lowest BCUT2D eigenvalue weighted by molar-refractivity contribution is 0.761. The third-order valence-corrected chi connectivity index (χ3v) is 0.343. The average molecular weight is 96.1 g/mol. The molecule has 0 saturated carbocycles. The molecule has 1 aromatic rings. The summed E-state index contributed by atoms with van der Waals surface area (Å²) in [6.07, 6.45) is 2.93. The maximum absolute atomic E-state index is 3.36. The molecular formula is C2H2N5. The number of rotatable bonds is 0. The van der Waals surface area contributed by atoms with Crippen LogP contribution < -0.4 is 6.15 Å². The van der Waals surface area contributed by atoms with E-state index in [1.807, 2.05) is 0 Å². The molecule has 0 atom stereocenters. The van der Waals surface area contributed by atoms with Crippen molar-refractivity contribution in [2.24, 2.45) is 0 Å². The Morgan fingerprint density at radius 3 is 1.43 bits per heavy atom. The smallest absolute Gasteiger partial charge is 0.0716 e. The zero-order valence-corrected chi connectivity index (χ0v) is 3.39. The van der Waals surface area contributed by atoms with Crippen LogP contribution in [-0.2, 0) is 0 Å². The average Bonchev–Trinajstić information content (AvgIpc) is 1.72. The number of nitrogens with zero attached hydrogens (tertiary/aromatic N) is 5. The van der Waals surface area contributed by atoms with E-state index in [1.165, 1.54) is 12.4 Å². The summed E-state index contributed by atoms with van der Waals surface area (Å²) in [5, 5.41) is 13.1. The molecular weight excluding hydrogens is 94.1 g/mol. The summed E-state index contributed by atoms with van der Waals surface area (Å²) in [5.41, 5.74) is 0. The van der Waals surface area contributed by atoms with Gasteiger partial charge in [0.2, 0.25) is 0 Å². The van der Waals surface area contributed by atoms with Gasteiger partial charge >= 0.3 is 0 Å². The zero-order valence-electron chi connectivity index (χ0n) is 3.39. The first kappa shape index (κ1) is 5.90. The predicted octanol–water partition coefficient (Wildman–Crippen LogP) is -1.21. The number of hydrogen-bond donors (Lipinski definition) is 0. The molecule has 3 radical (unpaired) electrons. The lowest BCUT2D eigenvalue weighted by Crippen LogP contribution is -1.84. The molecule has 1 aromatic heterocycles. The van der Waals surface area contributed by atoms with Gasteiger partial charge in [0.25, 0.3) is 0 Å². The van der Waals surface area contributed by atoms with E-state index in [2.05, 4.69) is 20.6 Å². The fraction of sp³-hybridized carbons (Fsp3) is 0. The minimum absolute atomic E-state index is 0. The molecule has 0 unspecified atom stereocenters. The van der Waals surface area contributed by atoms with Crippen LogP contribution in [-0.4, -0.2) is 20.6 Å². The molecule has 0 aromatic carbocycles. The van der Waals surface area contributed by atoms with E-state index in [0.29, 0.717) is 0 Å². The quantitative estimate of drug-likeness (QED) is 0.405. The standard InChI is InChI=1S/C2H2N4.N/c1-2-4-6-5-3-1;/h1-2H;. The van der Waals surface area contributed by atoms with Gasteiger partial charge in [-0.1, -0.05) is 0 Å². The molecule has 0 aliphatic rings. The number of aromatic nitrogens is 4. The van der Waals surface area contributed by atoms with Crippen molar-refractivity contribution in [3.8, 4) is 0 Å². The molecule has 0 amide bonds. The Morgan fingerprint density at radius 1 is 0.857 bits per heavy atom. The van der Waals surface area contributed by atoms with E-state index >= 15 is 0 Å². The number of hydrogen-bond acceptors (Lipinski definition) is 4. The molecule has 0 aliphatic carbocycles. The lowest BCUT2D eigenvalue weighted by atomic mass is 11.0. The molecule has 1 heterocycles.